The summed E-state index contributed by atoms with van der Waals surface area (Å²) in [5.74, 6) is -0.201. The third kappa shape index (κ3) is 5.93. The number of hydrogen-bond donors (Lipinski definition) is 3. The molecule has 2 aliphatic heterocycles. The number of carbonyl (C=O) groups is 1. The highest BCUT2D eigenvalue weighted by atomic mass is 31.2. The number of nitrogens with two attached hydrogens (primary N) is 1. The summed E-state index contributed by atoms with van der Waals surface area (Å²) in [6.45, 7) is 3.74. The Kier molecular flexibility index (Phi) is 8.97. The first-order chi connectivity index (χ1) is 20.2. The average molecular weight is 607 g/mol. The molecule has 6 atom stereocenters. The molecule has 228 valence electrons. The van der Waals surface area contributed by atoms with Crippen LogP contribution in [0.4, 0.5) is 5.95 Å². The van der Waals surface area contributed by atoms with Crippen LogP contribution in [0.25, 0.3) is 11.2 Å². The smallest absolute Gasteiger partial charge is 0.459 e. The molecular weight excluding hydrogens is 571 g/mol. The van der Waals surface area contributed by atoms with Crippen LogP contribution in [0.5, 0.6) is 11.6 Å². The van der Waals surface area contributed by atoms with E-state index in [4.69, 9.17) is 33.7 Å². The van der Waals surface area contributed by atoms with Crippen molar-refractivity contribution in [3.63, 3.8) is 0 Å². The fourth-order valence-corrected chi connectivity index (χ4v) is 6.35. The predicted octanol–water partition coefficient (Wildman–Crippen LogP) is 2.36. The zero-order valence-corrected chi connectivity index (χ0v) is 24.4. The molecule has 2 fully saturated rings. The second kappa shape index (κ2) is 12.5. The molecule has 3 unspecified atom stereocenters. The number of fused-ring (bicyclic) bond motifs is 1. The van der Waals surface area contributed by atoms with Crippen LogP contribution in [0.3, 0.4) is 0 Å². The van der Waals surface area contributed by atoms with Crippen LogP contribution in [0.15, 0.2) is 36.7 Å². The normalized spacial score (nSPS) is 25.6. The third-order valence-electron chi connectivity index (χ3n) is 7.12. The number of aliphatic hydroxyl groups excluding tert-OH is 1. The second-order valence-corrected chi connectivity index (χ2v) is 11.7. The third-order valence-corrected chi connectivity index (χ3v) is 8.76. The van der Waals surface area contributed by atoms with Gasteiger partial charge in [-0.2, -0.15) is 15.1 Å². The topological polar surface area (TPSA) is 191 Å². The molecule has 0 saturated carbocycles. The molecule has 2 aromatic heterocycles. The van der Waals surface area contributed by atoms with Crippen molar-refractivity contribution in [2.45, 2.75) is 63.2 Å². The van der Waals surface area contributed by atoms with E-state index in [1.807, 2.05) is 6.92 Å². The minimum Gasteiger partial charge on any atom is -0.479 e. The number of unbranched alkanes of at least 4 members (excludes halogenated alkanes) is 1. The second-order valence-electron chi connectivity index (χ2n) is 10.0. The molecule has 42 heavy (non-hydrogen) atoms. The maximum atomic E-state index is 13.9. The van der Waals surface area contributed by atoms with Crippen molar-refractivity contribution in [2.75, 3.05) is 32.7 Å². The quantitative estimate of drug-likeness (QED) is 0.146. The number of ether oxygens (including phenoxy) is 4. The lowest BCUT2D eigenvalue weighted by Crippen LogP contribution is -2.56. The number of nitrogens with zero attached hydrogens (tertiary/aromatic N) is 4. The molecule has 0 aliphatic carbocycles. The van der Waals surface area contributed by atoms with E-state index in [0.717, 1.165) is 6.42 Å². The van der Waals surface area contributed by atoms with Gasteiger partial charge in [0.15, 0.2) is 17.4 Å². The molecule has 2 saturated heterocycles. The van der Waals surface area contributed by atoms with Crippen molar-refractivity contribution in [3.8, 4) is 11.6 Å². The van der Waals surface area contributed by atoms with E-state index in [9.17, 15) is 14.5 Å². The highest BCUT2D eigenvalue weighted by Crippen LogP contribution is 2.51. The first-order valence-electron chi connectivity index (χ1n) is 13.6. The molecule has 3 aromatic rings. The zero-order valence-electron chi connectivity index (χ0n) is 23.5. The van der Waals surface area contributed by atoms with E-state index < -0.39 is 43.8 Å². The summed E-state index contributed by atoms with van der Waals surface area (Å²) in [5, 5.41) is 14.0. The molecule has 5 rings (SSSR count). The van der Waals surface area contributed by atoms with Gasteiger partial charge in [0.2, 0.25) is 11.8 Å². The van der Waals surface area contributed by atoms with Gasteiger partial charge in [-0.05, 0) is 25.5 Å². The lowest BCUT2D eigenvalue weighted by atomic mass is 9.86. The van der Waals surface area contributed by atoms with Crippen molar-refractivity contribution >= 4 is 30.8 Å². The van der Waals surface area contributed by atoms with Crippen LogP contribution in [0.1, 0.15) is 39.3 Å². The van der Waals surface area contributed by atoms with Gasteiger partial charge in [-0.25, -0.2) is 9.55 Å². The number of methoxy groups -OCH3 is 1. The van der Waals surface area contributed by atoms with E-state index in [1.54, 1.807) is 34.9 Å². The van der Waals surface area contributed by atoms with E-state index in [1.165, 1.54) is 20.4 Å². The summed E-state index contributed by atoms with van der Waals surface area (Å²) in [6, 6.07) is 7.36. The standard InChI is InChI=1S/C26H35N6O9P/c1-4-5-12-37-23(34)16(2)31-42(35,41-17-9-7-6-8-10-17)39-14-18-20(33)26(11-13-38-26)24(40-18)32-15-28-19-21(32)29-25(27)30-22(19)36-3/h6-10,15-16,18,20,24,33H,4-5,11-14H2,1-3H3,(H,31,35)(H2,27,29,30)/t16-,18?,20+,24?,26+,42?/m0/s1. The monoisotopic (exact) mass is 606 g/mol. The first-order valence-corrected chi connectivity index (χ1v) is 15.2. The van der Waals surface area contributed by atoms with Crippen LogP contribution in [-0.2, 0) is 28.1 Å². The number of aromatic nitrogens is 4. The van der Waals surface area contributed by atoms with Gasteiger partial charge in [-0.1, -0.05) is 31.5 Å². The number of nitrogens with one attached hydrogen (secondary N) is 1. The highest BCUT2D eigenvalue weighted by molar-refractivity contribution is 7.52. The summed E-state index contributed by atoms with van der Waals surface area (Å²) < 4.78 is 49.7. The molecule has 16 heteroatoms. The van der Waals surface area contributed by atoms with Crippen molar-refractivity contribution in [1.82, 2.24) is 24.6 Å². The SMILES string of the molecule is CCCCOC(=O)[C@H](C)NP(=O)(OCC1OC(n2cnc3c(OC)nc(N)nc32)[C@@]2(CCO2)[C@@H]1O)Oc1ccccc1. The number of nitrogen functional groups attached to an aromatic ring is 1. The van der Waals surface area contributed by atoms with Gasteiger partial charge in [0, 0.05) is 6.42 Å². The van der Waals surface area contributed by atoms with Gasteiger partial charge in [0.1, 0.15) is 29.6 Å². The van der Waals surface area contributed by atoms with Gasteiger partial charge in [0.25, 0.3) is 0 Å². The minimum atomic E-state index is -4.19. The summed E-state index contributed by atoms with van der Waals surface area (Å²) in [7, 11) is -2.75. The fraction of sp³-hybridized carbons (Fsp3) is 0.538. The van der Waals surface area contributed by atoms with Gasteiger partial charge in [-0.15, -0.1) is 0 Å². The first kappa shape index (κ1) is 30.1. The van der Waals surface area contributed by atoms with E-state index >= 15 is 0 Å². The number of imidazole rings is 1. The van der Waals surface area contributed by atoms with Crippen LogP contribution >= 0.6 is 7.75 Å². The summed E-state index contributed by atoms with van der Waals surface area (Å²) >= 11 is 0. The molecule has 4 heterocycles. The molecule has 1 spiro atoms. The van der Waals surface area contributed by atoms with Crippen molar-refractivity contribution in [3.05, 3.63) is 36.7 Å². The number of aliphatic hydroxyl groups is 1. The summed E-state index contributed by atoms with van der Waals surface area (Å²) in [4.78, 5) is 25.2. The minimum absolute atomic E-state index is 0.0319. The van der Waals surface area contributed by atoms with Crippen LogP contribution in [-0.4, -0.2) is 81.4 Å². The number of para-hydroxylation sites is 1. The van der Waals surface area contributed by atoms with Crippen molar-refractivity contribution in [2.24, 2.45) is 0 Å². The molecule has 0 amide bonds. The van der Waals surface area contributed by atoms with Gasteiger partial charge >= 0.3 is 13.7 Å². The number of benzene rings is 1. The Morgan fingerprint density at radius 3 is 2.76 bits per heavy atom. The molecular formula is C26H35N6O9P. The maximum Gasteiger partial charge on any atom is 0.459 e. The Labute approximate surface area is 242 Å². The Morgan fingerprint density at radius 2 is 2.10 bits per heavy atom. The average Bonchev–Trinajstić information content (AvgIpc) is 3.50. The van der Waals surface area contributed by atoms with Crippen LogP contribution in [0.2, 0.25) is 0 Å². The molecule has 15 nitrogen and oxygen atoms in total. The maximum absolute atomic E-state index is 13.9. The zero-order chi connectivity index (χ0) is 29.9. The predicted molar refractivity (Wildman–Crippen MR) is 149 cm³/mol. The van der Waals surface area contributed by atoms with Crippen LogP contribution < -0.4 is 20.1 Å². The Hall–Kier alpha value is -3.33. The molecule has 0 radical (unpaired) electrons. The molecule has 4 N–H and O–H groups in total. The van der Waals surface area contributed by atoms with E-state index in [2.05, 4.69) is 20.0 Å². The Bertz CT molecular complexity index is 1440. The summed E-state index contributed by atoms with van der Waals surface area (Å²) in [6.07, 6.45) is 0.422. The Morgan fingerprint density at radius 1 is 1.33 bits per heavy atom. The largest absolute Gasteiger partial charge is 0.479 e. The molecule has 2 aliphatic rings. The lowest BCUT2D eigenvalue weighted by Gasteiger charge is -2.44. The van der Waals surface area contributed by atoms with E-state index in [0.29, 0.717) is 30.6 Å². The number of hydrogen-bond acceptors (Lipinski definition) is 13. The van der Waals surface area contributed by atoms with E-state index in [-0.39, 0.29) is 30.8 Å². The number of esters is 1. The van der Waals surface area contributed by atoms with Crippen molar-refractivity contribution in [1.29, 1.82) is 0 Å². The molecule has 0 bridgehead atoms. The Balaban J connectivity index is 1.36. The summed E-state index contributed by atoms with van der Waals surface area (Å²) in [5.41, 5.74) is 5.40. The van der Waals surface area contributed by atoms with Gasteiger partial charge in [0.05, 0.1) is 33.3 Å². The van der Waals surface area contributed by atoms with Gasteiger partial charge in [-0.3, -0.25) is 13.9 Å². The lowest BCUT2D eigenvalue weighted by molar-refractivity contribution is -0.225. The van der Waals surface area contributed by atoms with Crippen LogP contribution in [0, 0.1) is 0 Å². The number of rotatable bonds is 13. The molecule has 1 aromatic carbocycles. The number of anilines is 1. The van der Waals surface area contributed by atoms with Crippen molar-refractivity contribution < 1.29 is 42.5 Å². The highest BCUT2D eigenvalue weighted by Gasteiger charge is 2.62. The number of carbonyl (C=O) groups excluding carboxylic acids is 1. The fourth-order valence-electron chi connectivity index (χ4n) is 4.85. The van der Waals surface area contributed by atoms with Gasteiger partial charge < -0.3 is 34.3 Å².